The number of anilines is 1. The lowest BCUT2D eigenvalue weighted by Gasteiger charge is -2.11. The quantitative estimate of drug-likeness (QED) is 0.738. The Hall–Kier alpha value is -3.26. The van der Waals surface area contributed by atoms with Crippen LogP contribution in [0.3, 0.4) is 0 Å². The Kier molecular flexibility index (Phi) is 4.94. The molecule has 0 unspecified atom stereocenters. The Labute approximate surface area is 153 Å². The second-order valence-electron chi connectivity index (χ2n) is 5.46. The van der Waals surface area contributed by atoms with E-state index in [1.807, 2.05) is 0 Å². The molecular formula is C18H16N4O3S. The largest absolute Gasteiger partial charge is 0.354 e. The lowest BCUT2D eigenvalue weighted by Crippen LogP contribution is -2.30. The standard InChI is InChI=1S/C18H16N4O3S/c1-11-5-8-22(12-4-3-7-20-10-12)18(25)14(11)16(23)21-13-6-9-26-15(13)17(24)19-2/h3-10H,1-2H3,(H,19,24)(H,21,23). The molecule has 2 amide bonds. The maximum Gasteiger partial charge on any atom is 0.268 e. The predicted molar refractivity (Wildman–Crippen MR) is 100 cm³/mol. The summed E-state index contributed by atoms with van der Waals surface area (Å²) in [4.78, 5) is 41.8. The third-order valence-electron chi connectivity index (χ3n) is 3.80. The van der Waals surface area contributed by atoms with E-state index < -0.39 is 11.5 Å². The highest BCUT2D eigenvalue weighted by atomic mass is 32.1. The minimum Gasteiger partial charge on any atom is -0.354 e. The first kappa shape index (κ1) is 17.6. The topological polar surface area (TPSA) is 93.1 Å². The van der Waals surface area contributed by atoms with E-state index in [9.17, 15) is 14.4 Å². The molecule has 0 spiro atoms. The van der Waals surface area contributed by atoms with Crippen LogP contribution in [0.25, 0.3) is 5.69 Å². The third-order valence-corrected chi connectivity index (χ3v) is 4.71. The van der Waals surface area contributed by atoms with Crippen molar-refractivity contribution in [1.29, 1.82) is 0 Å². The number of aromatic nitrogens is 2. The highest BCUT2D eigenvalue weighted by molar-refractivity contribution is 7.12. The number of hydrogen-bond donors (Lipinski definition) is 2. The van der Waals surface area contributed by atoms with Crippen molar-refractivity contribution in [3.8, 4) is 5.69 Å². The Balaban J connectivity index is 2.00. The highest BCUT2D eigenvalue weighted by Crippen LogP contribution is 2.23. The van der Waals surface area contributed by atoms with Gasteiger partial charge < -0.3 is 10.6 Å². The summed E-state index contributed by atoms with van der Waals surface area (Å²) in [7, 11) is 1.52. The second kappa shape index (κ2) is 7.32. The predicted octanol–water partition coefficient (Wildman–Crippen LogP) is 2.21. The van der Waals surface area contributed by atoms with Crippen LogP contribution in [0.5, 0.6) is 0 Å². The number of carbonyl (C=O) groups excluding carboxylic acids is 2. The van der Waals surface area contributed by atoms with Crippen LogP contribution in [-0.4, -0.2) is 28.4 Å². The van der Waals surface area contributed by atoms with Gasteiger partial charge in [-0.15, -0.1) is 11.3 Å². The third kappa shape index (κ3) is 3.27. The van der Waals surface area contributed by atoms with Crippen molar-refractivity contribution in [2.75, 3.05) is 12.4 Å². The number of pyridine rings is 2. The maximum absolute atomic E-state index is 12.8. The molecule has 0 saturated heterocycles. The fourth-order valence-corrected chi connectivity index (χ4v) is 3.28. The van der Waals surface area contributed by atoms with E-state index >= 15 is 0 Å². The Morgan fingerprint density at radius 1 is 1.19 bits per heavy atom. The van der Waals surface area contributed by atoms with Crippen molar-refractivity contribution in [1.82, 2.24) is 14.9 Å². The molecule has 0 bridgehead atoms. The van der Waals surface area contributed by atoms with Gasteiger partial charge in [0.15, 0.2) is 0 Å². The number of nitrogens with zero attached hydrogens (tertiary/aromatic N) is 2. The number of hydrogen-bond acceptors (Lipinski definition) is 5. The molecule has 7 nitrogen and oxygen atoms in total. The first-order valence-electron chi connectivity index (χ1n) is 7.76. The van der Waals surface area contributed by atoms with Crippen LogP contribution in [0.4, 0.5) is 5.69 Å². The van der Waals surface area contributed by atoms with E-state index in [4.69, 9.17) is 0 Å². The van der Waals surface area contributed by atoms with Gasteiger partial charge in [0.05, 0.1) is 17.6 Å². The van der Waals surface area contributed by atoms with E-state index in [0.717, 1.165) is 0 Å². The summed E-state index contributed by atoms with van der Waals surface area (Å²) in [6.07, 6.45) is 4.75. The number of aryl methyl sites for hydroxylation is 1. The van der Waals surface area contributed by atoms with E-state index in [2.05, 4.69) is 15.6 Å². The summed E-state index contributed by atoms with van der Waals surface area (Å²) < 4.78 is 1.36. The Morgan fingerprint density at radius 2 is 2.00 bits per heavy atom. The molecule has 0 fully saturated rings. The van der Waals surface area contributed by atoms with Gasteiger partial charge >= 0.3 is 0 Å². The fraction of sp³-hybridized carbons (Fsp3) is 0.111. The molecule has 3 aromatic heterocycles. The lowest BCUT2D eigenvalue weighted by atomic mass is 10.1. The zero-order valence-electron chi connectivity index (χ0n) is 14.1. The Morgan fingerprint density at radius 3 is 2.69 bits per heavy atom. The van der Waals surface area contributed by atoms with Crippen LogP contribution < -0.4 is 16.2 Å². The van der Waals surface area contributed by atoms with Crippen molar-refractivity contribution in [3.05, 3.63) is 74.6 Å². The van der Waals surface area contributed by atoms with Gasteiger partial charge in [-0.2, -0.15) is 0 Å². The average Bonchev–Trinajstić information content (AvgIpc) is 3.10. The van der Waals surface area contributed by atoms with Crippen LogP contribution in [-0.2, 0) is 0 Å². The van der Waals surface area contributed by atoms with Gasteiger partial charge in [0, 0.05) is 19.4 Å². The molecule has 0 atom stereocenters. The number of amides is 2. The van der Waals surface area contributed by atoms with E-state index in [1.165, 1.54) is 23.0 Å². The zero-order chi connectivity index (χ0) is 18.7. The minimum absolute atomic E-state index is 0.0189. The summed E-state index contributed by atoms with van der Waals surface area (Å²) in [6, 6.07) is 6.76. The number of nitrogens with one attached hydrogen (secondary N) is 2. The minimum atomic E-state index is -0.561. The normalized spacial score (nSPS) is 10.4. The van der Waals surface area contributed by atoms with Crippen LogP contribution in [0.2, 0.25) is 0 Å². The summed E-state index contributed by atoms with van der Waals surface area (Å²) in [6.45, 7) is 1.69. The summed E-state index contributed by atoms with van der Waals surface area (Å²) >= 11 is 1.21. The monoisotopic (exact) mass is 368 g/mol. The number of thiophene rings is 1. The molecule has 3 heterocycles. The smallest absolute Gasteiger partial charge is 0.268 e. The van der Waals surface area contributed by atoms with Crippen LogP contribution in [0, 0.1) is 6.92 Å². The van der Waals surface area contributed by atoms with Gasteiger partial charge in [0.2, 0.25) is 0 Å². The van der Waals surface area contributed by atoms with Gasteiger partial charge in [-0.25, -0.2) is 0 Å². The summed E-state index contributed by atoms with van der Waals surface area (Å²) in [5.74, 6) is -0.859. The highest BCUT2D eigenvalue weighted by Gasteiger charge is 2.20. The van der Waals surface area contributed by atoms with E-state index in [0.29, 0.717) is 21.8 Å². The SMILES string of the molecule is CNC(=O)c1sccc1NC(=O)c1c(C)ccn(-c2cccnc2)c1=O. The molecule has 0 aliphatic heterocycles. The molecule has 0 aliphatic rings. The van der Waals surface area contributed by atoms with Crippen LogP contribution >= 0.6 is 11.3 Å². The van der Waals surface area contributed by atoms with Crippen molar-refractivity contribution in [2.45, 2.75) is 6.92 Å². The van der Waals surface area contributed by atoms with Gasteiger partial charge in [-0.05, 0) is 42.1 Å². The molecule has 26 heavy (non-hydrogen) atoms. The van der Waals surface area contributed by atoms with Crippen LogP contribution in [0.1, 0.15) is 25.6 Å². The summed E-state index contributed by atoms with van der Waals surface area (Å²) in [5.41, 5.74) is 1.05. The van der Waals surface area contributed by atoms with Gasteiger partial charge in [-0.3, -0.25) is 23.9 Å². The molecule has 3 rings (SSSR count). The van der Waals surface area contributed by atoms with Gasteiger partial charge in [0.1, 0.15) is 10.4 Å². The second-order valence-corrected chi connectivity index (χ2v) is 6.37. The average molecular weight is 368 g/mol. The van der Waals surface area contributed by atoms with Crippen LogP contribution in [0.15, 0.2) is 53.0 Å². The van der Waals surface area contributed by atoms with Crippen molar-refractivity contribution in [2.24, 2.45) is 0 Å². The molecule has 0 saturated carbocycles. The molecule has 0 radical (unpaired) electrons. The van der Waals surface area contributed by atoms with Crippen molar-refractivity contribution < 1.29 is 9.59 Å². The van der Waals surface area contributed by atoms with E-state index in [-0.39, 0.29) is 11.5 Å². The molecule has 3 aromatic rings. The van der Waals surface area contributed by atoms with Crippen molar-refractivity contribution in [3.63, 3.8) is 0 Å². The van der Waals surface area contributed by atoms with Gasteiger partial charge in [0.25, 0.3) is 17.4 Å². The number of rotatable bonds is 4. The molecule has 132 valence electrons. The first-order valence-corrected chi connectivity index (χ1v) is 8.64. The molecule has 2 N–H and O–H groups in total. The number of carbonyl (C=O) groups is 2. The molecular weight excluding hydrogens is 352 g/mol. The molecule has 0 aliphatic carbocycles. The Bertz CT molecular complexity index is 1020. The van der Waals surface area contributed by atoms with Crippen molar-refractivity contribution >= 4 is 28.8 Å². The molecule has 8 heteroatoms. The zero-order valence-corrected chi connectivity index (χ0v) is 15.0. The maximum atomic E-state index is 12.8. The first-order chi connectivity index (χ1) is 12.5. The summed E-state index contributed by atoms with van der Waals surface area (Å²) in [5, 5.41) is 6.89. The lowest BCUT2D eigenvalue weighted by molar-refractivity contribution is 0.0968. The van der Waals surface area contributed by atoms with Gasteiger partial charge in [-0.1, -0.05) is 0 Å². The van der Waals surface area contributed by atoms with E-state index in [1.54, 1.807) is 55.2 Å². The molecule has 0 aromatic carbocycles. The fourth-order valence-electron chi connectivity index (χ4n) is 2.48.